The van der Waals surface area contributed by atoms with Crippen molar-refractivity contribution in [2.24, 2.45) is 0 Å². The van der Waals surface area contributed by atoms with Gasteiger partial charge in [0.05, 0.1) is 15.0 Å². The Labute approximate surface area is 108 Å². The number of anilines is 1. The molecule has 1 aromatic heterocycles. The Bertz CT molecular complexity index is 478. The Morgan fingerprint density at radius 2 is 2.00 bits per heavy atom. The number of halogens is 2. The third-order valence-corrected chi connectivity index (χ3v) is 3.49. The highest BCUT2D eigenvalue weighted by atomic mass is 35.5. The zero-order chi connectivity index (χ0) is 11.5. The maximum Gasteiger partial charge on any atom is 0.161 e. The predicted octanol–water partition coefficient (Wildman–Crippen LogP) is 4.22. The molecule has 0 saturated heterocycles. The summed E-state index contributed by atoms with van der Waals surface area (Å²) in [5.74, 6) is 0.522. The molecule has 2 rings (SSSR count). The average molecular weight is 274 g/mol. The molecule has 5 heteroatoms. The molecule has 2 N–H and O–H groups in total. The molecule has 0 aliphatic rings. The fourth-order valence-electron chi connectivity index (χ4n) is 1.25. The first-order valence-corrected chi connectivity index (χ1v) is 6.15. The van der Waals surface area contributed by atoms with Crippen LogP contribution in [0.25, 0.3) is 0 Å². The van der Waals surface area contributed by atoms with Gasteiger partial charge in [0.25, 0.3) is 0 Å². The summed E-state index contributed by atoms with van der Waals surface area (Å²) in [6.07, 6.45) is 0. The van der Waals surface area contributed by atoms with Gasteiger partial charge in [-0.2, -0.15) is 0 Å². The van der Waals surface area contributed by atoms with Crippen LogP contribution in [0, 0.1) is 0 Å². The molecule has 1 heterocycles. The first kappa shape index (κ1) is 11.6. The van der Waals surface area contributed by atoms with Crippen LogP contribution in [-0.4, -0.2) is 0 Å². The van der Waals surface area contributed by atoms with E-state index in [-0.39, 0.29) is 0 Å². The quantitative estimate of drug-likeness (QED) is 0.850. The molecule has 1 aromatic carbocycles. The lowest BCUT2D eigenvalue weighted by Gasteiger charge is -2.09. The number of rotatable bonds is 3. The molecule has 0 radical (unpaired) electrons. The number of hydrogen-bond acceptors (Lipinski definition) is 3. The first-order valence-electron chi connectivity index (χ1n) is 4.58. The van der Waals surface area contributed by atoms with Crippen LogP contribution in [0.1, 0.15) is 4.88 Å². The van der Waals surface area contributed by atoms with E-state index in [9.17, 15) is 0 Å². The van der Waals surface area contributed by atoms with Crippen molar-refractivity contribution in [3.63, 3.8) is 0 Å². The maximum atomic E-state index is 5.97. The lowest BCUT2D eigenvalue weighted by molar-refractivity contribution is 0.312. The zero-order valence-electron chi connectivity index (χ0n) is 8.24. The highest BCUT2D eigenvalue weighted by Crippen LogP contribution is 2.32. The van der Waals surface area contributed by atoms with Gasteiger partial charge in [-0.05, 0) is 24.3 Å². The second kappa shape index (κ2) is 4.95. The van der Waals surface area contributed by atoms with Crippen LogP contribution in [0.15, 0.2) is 30.3 Å². The Kier molecular flexibility index (Phi) is 3.59. The molecule has 16 heavy (non-hydrogen) atoms. The van der Waals surface area contributed by atoms with Crippen LogP contribution < -0.4 is 10.5 Å². The van der Waals surface area contributed by atoms with Crippen LogP contribution in [0.3, 0.4) is 0 Å². The van der Waals surface area contributed by atoms with Crippen molar-refractivity contribution in [3.05, 3.63) is 44.6 Å². The first-order chi connectivity index (χ1) is 7.66. The van der Waals surface area contributed by atoms with Gasteiger partial charge in [-0.3, -0.25) is 0 Å². The molecule has 0 fully saturated rings. The fraction of sp³-hybridized carbons (Fsp3) is 0.0909. The summed E-state index contributed by atoms with van der Waals surface area (Å²) in [5, 5.41) is 0.516. The number of thiophene rings is 1. The fourth-order valence-corrected chi connectivity index (χ4v) is 2.49. The van der Waals surface area contributed by atoms with Crippen molar-refractivity contribution in [1.82, 2.24) is 0 Å². The molecule has 0 amide bonds. The van der Waals surface area contributed by atoms with Gasteiger partial charge in [-0.25, -0.2) is 0 Å². The van der Waals surface area contributed by atoms with E-state index in [1.165, 1.54) is 11.3 Å². The third kappa shape index (κ3) is 2.61. The van der Waals surface area contributed by atoms with Crippen molar-refractivity contribution in [2.45, 2.75) is 6.61 Å². The smallest absolute Gasteiger partial charge is 0.161 e. The maximum absolute atomic E-state index is 5.97. The van der Waals surface area contributed by atoms with E-state index >= 15 is 0 Å². The van der Waals surface area contributed by atoms with Gasteiger partial charge in [0.2, 0.25) is 0 Å². The standard InChI is InChI=1S/C11H9Cl2NOS/c12-8-2-1-3-9(14)11(8)15-6-7-4-5-10(13)16-7/h1-5H,6,14H2. The Hall–Kier alpha value is -0.900. The highest BCUT2D eigenvalue weighted by Gasteiger charge is 2.06. The monoisotopic (exact) mass is 273 g/mol. The van der Waals surface area contributed by atoms with E-state index in [1.54, 1.807) is 18.2 Å². The number of nitrogen functional groups attached to an aromatic ring is 1. The zero-order valence-corrected chi connectivity index (χ0v) is 10.6. The Morgan fingerprint density at radius 3 is 2.62 bits per heavy atom. The van der Waals surface area contributed by atoms with E-state index in [2.05, 4.69) is 0 Å². The van der Waals surface area contributed by atoms with Gasteiger partial charge in [-0.15, -0.1) is 11.3 Å². The summed E-state index contributed by atoms with van der Waals surface area (Å²) in [6.45, 7) is 0.422. The van der Waals surface area contributed by atoms with E-state index in [4.69, 9.17) is 33.7 Å². The third-order valence-electron chi connectivity index (χ3n) is 1.99. The molecule has 2 nitrogen and oxygen atoms in total. The van der Waals surface area contributed by atoms with Crippen LogP contribution in [0.2, 0.25) is 9.36 Å². The van der Waals surface area contributed by atoms with Gasteiger partial charge >= 0.3 is 0 Å². The second-order valence-corrected chi connectivity index (χ2v) is 5.36. The van der Waals surface area contributed by atoms with Crippen molar-refractivity contribution >= 4 is 40.2 Å². The minimum atomic E-state index is 0.422. The number of hydrogen-bond donors (Lipinski definition) is 1. The average Bonchev–Trinajstić information content (AvgIpc) is 2.63. The molecule has 0 aliphatic carbocycles. The van der Waals surface area contributed by atoms with Crippen LogP contribution in [0.5, 0.6) is 5.75 Å². The summed E-state index contributed by atoms with van der Waals surface area (Å²) in [6, 6.07) is 9.03. The second-order valence-electron chi connectivity index (χ2n) is 3.15. The van der Waals surface area contributed by atoms with Gasteiger partial charge < -0.3 is 10.5 Å². The SMILES string of the molecule is Nc1cccc(Cl)c1OCc1ccc(Cl)s1. The Balaban J connectivity index is 2.10. The van der Waals surface area contributed by atoms with E-state index in [0.29, 0.717) is 23.1 Å². The lowest BCUT2D eigenvalue weighted by Crippen LogP contribution is -1.97. The lowest BCUT2D eigenvalue weighted by atomic mass is 10.3. The van der Waals surface area contributed by atoms with Gasteiger partial charge in [0, 0.05) is 4.88 Å². The van der Waals surface area contributed by atoms with Gasteiger partial charge in [-0.1, -0.05) is 29.3 Å². The van der Waals surface area contributed by atoms with Crippen molar-refractivity contribution in [1.29, 1.82) is 0 Å². The predicted molar refractivity (Wildman–Crippen MR) is 69.5 cm³/mol. The summed E-state index contributed by atoms with van der Waals surface area (Å²) in [7, 11) is 0. The van der Waals surface area contributed by atoms with E-state index in [1.807, 2.05) is 12.1 Å². The highest BCUT2D eigenvalue weighted by molar-refractivity contribution is 7.16. The number of benzene rings is 1. The minimum absolute atomic E-state index is 0.422. The molecular formula is C11H9Cl2NOS. The minimum Gasteiger partial charge on any atom is -0.484 e. The summed E-state index contributed by atoms with van der Waals surface area (Å²) in [5.41, 5.74) is 6.30. The normalized spacial score (nSPS) is 10.4. The molecular weight excluding hydrogens is 265 g/mol. The molecule has 0 spiro atoms. The molecule has 2 aromatic rings. The number of nitrogens with two attached hydrogens (primary N) is 1. The largest absolute Gasteiger partial charge is 0.484 e. The topological polar surface area (TPSA) is 35.2 Å². The van der Waals surface area contributed by atoms with Gasteiger partial charge in [0.15, 0.2) is 5.75 Å². The van der Waals surface area contributed by atoms with Crippen LogP contribution in [-0.2, 0) is 6.61 Å². The molecule has 84 valence electrons. The molecule has 0 aliphatic heterocycles. The molecule has 0 unspecified atom stereocenters. The number of para-hydroxylation sites is 1. The van der Waals surface area contributed by atoms with E-state index in [0.717, 1.165) is 9.21 Å². The molecule has 0 bridgehead atoms. The van der Waals surface area contributed by atoms with Gasteiger partial charge in [0.1, 0.15) is 6.61 Å². The molecule has 0 atom stereocenters. The Morgan fingerprint density at radius 1 is 1.19 bits per heavy atom. The van der Waals surface area contributed by atoms with Crippen LogP contribution in [0.4, 0.5) is 5.69 Å². The molecule has 0 saturated carbocycles. The van der Waals surface area contributed by atoms with Crippen LogP contribution >= 0.6 is 34.5 Å². The summed E-state index contributed by atoms with van der Waals surface area (Å²) in [4.78, 5) is 1.03. The number of ether oxygens (including phenoxy) is 1. The summed E-state index contributed by atoms with van der Waals surface area (Å²) < 4.78 is 6.30. The van der Waals surface area contributed by atoms with E-state index < -0.39 is 0 Å². The van der Waals surface area contributed by atoms with Crippen molar-refractivity contribution in [2.75, 3.05) is 5.73 Å². The van der Waals surface area contributed by atoms with Crippen molar-refractivity contribution in [3.8, 4) is 5.75 Å². The summed E-state index contributed by atoms with van der Waals surface area (Å²) >= 11 is 13.3. The van der Waals surface area contributed by atoms with Crippen molar-refractivity contribution < 1.29 is 4.74 Å².